The van der Waals surface area contributed by atoms with Crippen LogP contribution in [0.4, 0.5) is 5.82 Å². The summed E-state index contributed by atoms with van der Waals surface area (Å²) in [7, 11) is 0. The van der Waals surface area contributed by atoms with Crippen LogP contribution in [0.5, 0.6) is 0 Å². The van der Waals surface area contributed by atoms with Crippen molar-refractivity contribution < 1.29 is 9.21 Å². The molecule has 0 radical (unpaired) electrons. The van der Waals surface area contributed by atoms with E-state index in [2.05, 4.69) is 15.4 Å². The van der Waals surface area contributed by atoms with E-state index < -0.39 is 0 Å². The minimum atomic E-state index is -0.0488. The van der Waals surface area contributed by atoms with Gasteiger partial charge in [-0.1, -0.05) is 26.0 Å². The van der Waals surface area contributed by atoms with Gasteiger partial charge in [0, 0.05) is 12.5 Å². The van der Waals surface area contributed by atoms with Crippen LogP contribution in [-0.4, -0.2) is 20.7 Å². The summed E-state index contributed by atoms with van der Waals surface area (Å²) in [5.74, 6) is 0.809. The number of carbonyl (C=O) groups excluding carboxylic acids is 1. The summed E-state index contributed by atoms with van der Waals surface area (Å²) >= 11 is 0. The van der Waals surface area contributed by atoms with Gasteiger partial charge in [0.25, 0.3) is 0 Å². The predicted molar refractivity (Wildman–Crippen MR) is 84.0 cm³/mol. The second kappa shape index (κ2) is 5.63. The molecule has 3 aromatic rings. The van der Waals surface area contributed by atoms with E-state index in [1.165, 1.54) is 4.68 Å². The Morgan fingerprint density at radius 2 is 2.14 bits per heavy atom. The molecule has 0 bridgehead atoms. The van der Waals surface area contributed by atoms with Gasteiger partial charge in [-0.15, -0.1) is 0 Å². The van der Waals surface area contributed by atoms with Gasteiger partial charge < -0.3 is 9.73 Å². The second-order valence-corrected chi connectivity index (χ2v) is 5.69. The molecule has 0 aliphatic heterocycles. The first-order valence-corrected chi connectivity index (χ1v) is 7.25. The molecule has 114 valence electrons. The van der Waals surface area contributed by atoms with E-state index in [4.69, 9.17) is 4.42 Å². The van der Waals surface area contributed by atoms with Crippen LogP contribution in [0.3, 0.4) is 0 Å². The molecule has 0 saturated carbocycles. The topological polar surface area (TPSA) is 73.0 Å². The summed E-state index contributed by atoms with van der Waals surface area (Å²) in [6.45, 7) is 5.86. The number of anilines is 1. The van der Waals surface area contributed by atoms with Crippen molar-refractivity contribution >= 4 is 22.8 Å². The minimum Gasteiger partial charge on any atom is -0.422 e. The van der Waals surface area contributed by atoms with E-state index in [0.29, 0.717) is 29.8 Å². The van der Waals surface area contributed by atoms with E-state index in [0.717, 1.165) is 11.2 Å². The van der Waals surface area contributed by atoms with Gasteiger partial charge in [-0.05, 0) is 25.0 Å². The first-order valence-electron chi connectivity index (χ1n) is 7.25. The quantitative estimate of drug-likeness (QED) is 0.802. The molecule has 6 nitrogen and oxygen atoms in total. The lowest BCUT2D eigenvalue weighted by atomic mass is 10.1. The molecular weight excluding hydrogens is 280 g/mol. The highest BCUT2D eigenvalue weighted by molar-refractivity contribution is 5.90. The standard InChI is InChI=1S/C16H18N4O2/c1-10(2)8-15(21)18-14-9-11(3)19-20(14)16-17-12-6-4-5-7-13(12)22-16/h4-7,9-10H,8H2,1-3H3,(H,18,21). The summed E-state index contributed by atoms with van der Waals surface area (Å²) in [4.78, 5) is 16.4. The molecular formula is C16H18N4O2. The Kier molecular flexibility index (Phi) is 3.66. The van der Waals surface area contributed by atoms with E-state index in [9.17, 15) is 4.79 Å². The summed E-state index contributed by atoms with van der Waals surface area (Å²) in [5.41, 5.74) is 2.22. The Balaban J connectivity index is 1.95. The highest BCUT2D eigenvalue weighted by atomic mass is 16.4. The number of carbonyl (C=O) groups is 1. The lowest BCUT2D eigenvalue weighted by Gasteiger charge is -2.07. The molecule has 0 fully saturated rings. The molecule has 0 aliphatic carbocycles. The van der Waals surface area contributed by atoms with E-state index in [-0.39, 0.29) is 5.91 Å². The van der Waals surface area contributed by atoms with Gasteiger partial charge in [0.15, 0.2) is 5.58 Å². The molecule has 0 atom stereocenters. The van der Waals surface area contributed by atoms with Crippen molar-refractivity contribution in [2.24, 2.45) is 5.92 Å². The number of nitrogens with one attached hydrogen (secondary N) is 1. The van der Waals surface area contributed by atoms with Crippen molar-refractivity contribution in [2.45, 2.75) is 27.2 Å². The van der Waals surface area contributed by atoms with Crippen molar-refractivity contribution in [3.8, 4) is 6.01 Å². The molecule has 2 aromatic heterocycles. The fourth-order valence-corrected chi connectivity index (χ4v) is 2.25. The number of hydrogen-bond donors (Lipinski definition) is 1. The highest BCUT2D eigenvalue weighted by Crippen LogP contribution is 2.21. The molecule has 0 saturated heterocycles. The molecule has 0 spiro atoms. The number of nitrogens with zero attached hydrogens (tertiary/aromatic N) is 3. The van der Waals surface area contributed by atoms with Crippen LogP contribution in [0.1, 0.15) is 26.0 Å². The van der Waals surface area contributed by atoms with Gasteiger partial charge in [0.05, 0.1) is 5.69 Å². The van der Waals surface area contributed by atoms with Gasteiger partial charge in [0.1, 0.15) is 11.3 Å². The Bertz CT molecular complexity index is 784. The first kappa shape index (κ1) is 14.3. The maximum Gasteiger partial charge on any atom is 0.325 e. The smallest absolute Gasteiger partial charge is 0.325 e. The molecule has 22 heavy (non-hydrogen) atoms. The normalized spacial score (nSPS) is 11.3. The monoisotopic (exact) mass is 298 g/mol. The average molecular weight is 298 g/mol. The maximum absolute atomic E-state index is 12.0. The van der Waals surface area contributed by atoms with Crippen LogP contribution in [0.25, 0.3) is 17.1 Å². The molecule has 0 aliphatic rings. The Hall–Kier alpha value is -2.63. The Morgan fingerprint density at radius 3 is 2.86 bits per heavy atom. The Morgan fingerprint density at radius 1 is 1.36 bits per heavy atom. The predicted octanol–water partition coefficient (Wildman–Crippen LogP) is 3.31. The number of para-hydroxylation sites is 2. The van der Waals surface area contributed by atoms with Crippen molar-refractivity contribution in [3.05, 3.63) is 36.0 Å². The van der Waals surface area contributed by atoms with Crippen molar-refractivity contribution in [1.82, 2.24) is 14.8 Å². The Labute approximate surface area is 128 Å². The van der Waals surface area contributed by atoms with Crippen LogP contribution >= 0.6 is 0 Å². The highest BCUT2D eigenvalue weighted by Gasteiger charge is 2.16. The van der Waals surface area contributed by atoms with Gasteiger partial charge in [0.2, 0.25) is 5.91 Å². The van der Waals surface area contributed by atoms with Crippen LogP contribution in [0, 0.1) is 12.8 Å². The third-order valence-electron chi connectivity index (χ3n) is 3.16. The average Bonchev–Trinajstić information content (AvgIpc) is 3.00. The third-order valence-corrected chi connectivity index (χ3v) is 3.16. The number of aryl methyl sites for hydroxylation is 1. The summed E-state index contributed by atoms with van der Waals surface area (Å²) < 4.78 is 7.23. The molecule has 0 unspecified atom stereocenters. The SMILES string of the molecule is Cc1cc(NC(=O)CC(C)C)n(-c2nc3ccccc3o2)n1. The zero-order chi connectivity index (χ0) is 15.7. The summed E-state index contributed by atoms with van der Waals surface area (Å²) in [6.07, 6.45) is 0.456. The van der Waals surface area contributed by atoms with E-state index in [1.807, 2.05) is 45.0 Å². The molecule has 1 N–H and O–H groups in total. The number of amides is 1. The van der Waals surface area contributed by atoms with E-state index >= 15 is 0 Å². The first-order chi connectivity index (χ1) is 10.5. The molecule has 3 rings (SSSR count). The molecule has 2 heterocycles. The minimum absolute atomic E-state index is 0.0488. The van der Waals surface area contributed by atoms with Crippen molar-refractivity contribution in [3.63, 3.8) is 0 Å². The van der Waals surface area contributed by atoms with Crippen molar-refractivity contribution in [2.75, 3.05) is 5.32 Å². The largest absolute Gasteiger partial charge is 0.422 e. The number of oxazole rings is 1. The third kappa shape index (κ3) is 2.86. The zero-order valence-electron chi connectivity index (χ0n) is 12.8. The maximum atomic E-state index is 12.0. The van der Waals surface area contributed by atoms with Crippen LogP contribution in [0.15, 0.2) is 34.7 Å². The fraction of sp³-hybridized carbons (Fsp3) is 0.312. The lowest BCUT2D eigenvalue weighted by molar-refractivity contribution is -0.116. The van der Waals surface area contributed by atoms with Crippen molar-refractivity contribution in [1.29, 1.82) is 0 Å². The van der Waals surface area contributed by atoms with Gasteiger partial charge in [-0.2, -0.15) is 14.8 Å². The summed E-state index contributed by atoms with van der Waals surface area (Å²) in [5, 5.41) is 7.22. The molecule has 1 amide bonds. The summed E-state index contributed by atoms with van der Waals surface area (Å²) in [6, 6.07) is 9.64. The van der Waals surface area contributed by atoms with Crippen LogP contribution < -0.4 is 5.32 Å². The molecule has 6 heteroatoms. The van der Waals surface area contributed by atoms with Gasteiger partial charge in [-0.3, -0.25) is 4.79 Å². The number of hydrogen-bond acceptors (Lipinski definition) is 4. The number of benzene rings is 1. The fourth-order valence-electron chi connectivity index (χ4n) is 2.25. The van der Waals surface area contributed by atoms with Crippen LogP contribution in [-0.2, 0) is 4.79 Å². The lowest BCUT2D eigenvalue weighted by Crippen LogP contribution is -2.16. The number of aromatic nitrogens is 3. The second-order valence-electron chi connectivity index (χ2n) is 5.69. The number of fused-ring (bicyclic) bond motifs is 1. The van der Waals surface area contributed by atoms with Gasteiger partial charge >= 0.3 is 6.01 Å². The number of rotatable bonds is 4. The molecule has 1 aromatic carbocycles. The van der Waals surface area contributed by atoms with Crippen LogP contribution in [0.2, 0.25) is 0 Å². The zero-order valence-corrected chi connectivity index (χ0v) is 12.8. The van der Waals surface area contributed by atoms with Gasteiger partial charge in [-0.25, -0.2) is 0 Å². The van der Waals surface area contributed by atoms with E-state index in [1.54, 1.807) is 6.07 Å².